The number of carbonyl (C=O) groups is 2. The first-order valence-electron chi connectivity index (χ1n) is 11.4. The number of ether oxygens (including phenoxy) is 3. The molecule has 0 amide bonds. The Labute approximate surface area is 197 Å². The summed E-state index contributed by atoms with van der Waals surface area (Å²) < 4.78 is 23.4. The summed E-state index contributed by atoms with van der Waals surface area (Å²) in [5, 5.41) is -0.0639. The molecule has 1 saturated carbocycles. The molecule has 9 heteroatoms. The van der Waals surface area contributed by atoms with Crippen molar-refractivity contribution < 1.29 is 33.0 Å². The van der Waals surface area contributed by atoms with Crippen LogP contribution in [0.1, 0.15) is 52.5 Å². The molecule has 0 radical (unpaired) electrons. The van der Waals surface area contributed by atoms with Gasteiger partial charge in [0.25, 0.3) is 0 Å². The second-order valence-electron chi connectivity index (χ2n) is 9.72. The maximum atomic E-state index is 12.7. The van der Waals surface area contributed by atoms with Crippen LogP contribution in [0.3, 0.4) is 0 Å². The van der Waals surface area contributed by atoms with Gasteiger partial charge in [0.15, 0.2) is 8.32 Å². The third-order valence-corrected chi connectivity index (χ3v) is 10.7. The molecule has 182 valence electrons. The molecule has 0 N–H and O–H groups in total. The van der Waals surface area contributed by atoms with Crippen molar-refractivity contribution in [3.05, 3.63) is 41.4 Å². The topological polar surface area (TPSA) is 107 Å². The minimum absolute atomic E-state index is 0.0427. The highest BCUT2D eigenvalue weighted by atomic mass is 28.4. The highest BCUT2D eigenvalue weighted by molar-refractivity contribution is 6.74. The summed E-state index contributed by atoms with van der Waals surface area (Å²) in [7, 11) is -2.25. The molecule has 1 aliphatic rings. The molecule has 0 aliphatic heterocycles. The van der Waals surface area contributed by atoms with Crippen LogP contribution in [0.5, 0.6) is 0 Å². The number of benzene rings is 1. The summed E-state index contributed by atoms with van der Waals surface area (Å²) >= 11 is 0. The standard InChI is InChI=1S/C24H36N2O6Si/c1-7-29-22(27)20(26-25)23(28)31-19-15-11-14-18(30-16-17-12-9-8-10-13-17)21(19)32-33(5,6)24(2,3)4/h8-10,12-13,18-19,21H,7,11,14-16H2,1-6H3/t18-,19-,21+/m1/s1. The van der Waals surface area contributed by atoms with Gasteiger partial charge in [-0.25, -0.2) is 9.59 Å². The van der Waals surface area contributed by atoms with E-state index in [1.54, 1.807) is 6.92 Å². The zero-order valence-corrected chi connectivity index (χ0v) is 21.5. The third-order valence-electron chi connectivity index (χ3n) is 6.27. The van der Waals surface area contributed by atoms with Gasteiger partial charge in [0.2, 0.25) is 0 Å². The number of nitrogens with zero attached hydrogens (tertiary/aromatic N) is 2. The lowest BCUT2D eigenvalue weighted by Crippen LogP contribution is -2.54. The van der Waals surface area contributed by atoms with Gasteiger partial charge >= 0.3 is 17.7 Å². The van der Waals surface area contributed by atoms with E-state index in [4.69, 9.17) is 18.6 Å². The zero-order valence-electron chi connectivity index (χ0n) is 20.5. The van der Waals surface area contributed by atoms with E-state index < -0.39 is 38.2 Å². The lowest BCUT2D eigenvalue weighted by Gasteiger charge is -2.45. The number of hydrogen-bond acceptors (Lipinski definition) is 6. The molecule has 0 heterocycles. The molecule has 0 unspecified atom stereocenters. The summed E-state index contributed by atoms with van der Waals surface area (Å²) in [6, 6.07) is 9.85. The van der Waals surface area contributed by atoms with E-state index in [1.807, 2.05) is 30.3 Å². The summed E-state index contributed by atoms with van der Waals surface area (Å²) in [4.78, 5) is 27.4. The fourth-order valence-electron chi connectivity index (χ4n) is 3.40. The fourth-order valence-corrected chi connectivity index (χ4v) is 4.73. The van der Waals surface area contributed by atoms with Crippen LogP contribution >= 0.6 is 0 Å². The Morgan fingerprint density at radius 2 is 1.73 bits per heavy atom. The van der Waals surface area contributed by atoms with Gasteiger partial charge in [-0.2, -0.15) is 4.79 Å². The third kappa shape index (κ3) is 7.33. The second kappa shape index (κ2) is 11.7. The first-order chi connectivity index (χ1) is 15.5. The van der Waals surface area contributed by atoms with Crippen LogP contribution in [-0.2, 0) is 34.8 Å². The number of hydrogen-bond donors (Lipinski definition) is 0. The van der Waals surface area contributed by atoms with E-state index in [-0.39, 0.29) is 17.7 Å². The Balaban J connectivity index is 2.25. The van der Waals surface area contributed by atoms with Crippen LogP contribution in [-0.4, -0.2) is 55.7 Å². The van der Waals surface area contributed by atoms with E-state index in [0.717, 1.165) is 18.4 Å². The summed E-state index contributed by atoms with van der Waals surface area (Å²) in [5.74, 6) is -2.06. The molecule has 8 nitrogen and oxygen atoms in total. The SMILES string of the molecule is CCOC(=O)C(=[N+]=[N-])C(=O)O[C@@H]1CCC[C@@H](OCc2ccccc2)[C@@H]1O[Si](C)(C)C(C)(C)C. The molecule has 33 heavy (non-hydrogen) atoms. The number of carbonyl (C=O) groups excluding carboxylic acids is 2. The van der Waals surface area contributed by atoms with Crippen molar-refractivity contribution in [2.45, 2.75) is 90.0 Å². The van der Waals surface area contributed by atoms with Gasteiger partial charge in [0.1, 0.15) is 12.2 Å². The largest absolute Gasteiger partial charge is 0.482 e. The van der Waals surface area contributed by atoms with Gasteiger partial charge < -0.3 is 24.2 Å². The van der Waals surface area contributed by atoms with E-state index in [0.29, 0.717) is 13.0 Å². The first kappa shape index (κ1) is 26.9. The van der Waals surface area contributed by atoms with Crippen molar-refractivity contribution >= 4 is 26.0 Å². The minimum atomic E-state index is -2.25. The molecule has 1 aromatic carbocycles. The highest BCUT2D eigenvalue weighted by Crippen LogP contribution is 2.40. The normalized spacial score (nSPS) is 21.1. The quantitative estimate of drug-likeness (QED) is 0.131. The van der Waals surface area contributed by atoms with Crippen LogP contribution in [0.4, 0.5) is 0 Å². The molecule has 0 aromatic heterocycles. The molecule has 1 aromatic rings. The Kier molecular flexibility index (Phi) is 9.54. The molecule has 0 saturated heterocycles. The molecular weight excluding hydrogens is 440 g/mol. The Morgan fingerprint density at radius 3 is 2.30 bits per heavy atom. The van der Waals surface area contributed by atoms with E-state index in [9.17, 15) is 15.1 Å². The van der Waals surface area contributed by atoms with Crippen LogP contribution in [0.15, 0.2) is 30.3 Å². The van der Waals surface area contributed by atoms with Gasteiger partial charge in [-0.05, 0) is 49.9 Å². The van der Waals surface area contributed by atoms with Crippen molar-refractivity contribution in [3.63, 3.8) is 0 Å². The van der Waals surface area contributed by atoms with Crippen molar-refractivity contribution in [1.29, 1.82) is 0 Å². The van der Waals surface area contributed by atoms with E-state index in [1.165, 1.54) is 0 Å². The van der Waals surface area contributed by atoms with Crippen LogP contribution < -0.4 is 0 Å². The smallest absolute Gasteiger partial charge is 0.457 e. The Hall–Kier alpha value is -2.32. The summed E-state index contributed by atoms with van der Waals surface area (Å²) in [6.45, 7) is 12.7. The van der Waals surface area contributed by atoms with Gasteiger partial charge in [-0.15, -0.1) is 0 Å². The molecule has 3 atom stereocenters. The molecule has 2 rings (SSSR count). The van der Waals surface area contributed by atoms with Gasteiger partial charge in [-0.1, -0.05) is 51.1 Å². The van der Waals surface area contributed by atoms with E-state index in [2.05, 4.69) is 38.7 Å². The molecule has 1 fully saturated rings. The van der Waals surface area contributed by atoms with Crippen LogP contribution in [0.2, 0.25) is 18.1 Å². The van der Waals surface area contributed by atoms with Gasteiger partial charge in [0, 0.05) is 0 Å². The number of rotatable bonds is 9. The molecular formula is C24H36N2O6Si. The van der Waals surface area contributed by atoms with Crippen molar-refractivity contribution in [2.75, 3.05) is 6.61 Å². The second-order valence-corrected chi connectivity index (χ2v) is 14.5. The lowest BCUT2D eigenvalue weighted by molar-refractivity contribution is -0.166. The van der Waals surface area contributed by atoms with Crippen LogP contribution in [0.25, 0.3) is 5.53 Å². The van der Waals surface area contributed by atoms with Crippen molar-refractivity contribution in [3.8, 4) is 0 Å². The van der Waals surface area contributed by atoms with Gasteiger partial charge in [0.05, 0.1) is 19.3 Å². The average Bonchev–Trinajstić information content (AvgIpc) is 2.74. The Morgan fingerprint density at radius 1 is 1.09 bits per heavy atom. The summed E-state index contributed by atoms with van der Waals surface area (Å²) in [6.07, 6.45) is 0.640. The predicted octanol–water partition coefficient (Wildman–Crippen LogP) is 4.29. The zero-order chi connectivity index (χ0) is 24.6. The van der Waals surface area contributed by atoms with Crippen molar-refractivity contribution in [1.82, 2.24) is 0 Å². The van der Waals surface area contributed by atoms with Crippen molar-refractivity contribution in [2.24, 2.45) is 0 Å². The maximum absolute atomic E-state index is 12.7. The van der Waals surface area contributed by atoms with Crippen LogP contribution in [0, 0.1) is 0 Å². The molecule has 0 bridgehead atoms. The monoisotopic (exact) mass is 476 g/mol. The predicted molar refractivity (Wildman–Crippen MR) is 126 cm³/mol. The fraction of sp³-hybridized carbons (Fsp3) is 0.625. The number of esters is 2. The first-order valence-corrected chi connectivity index (χ1v) is 14.3. The summed E-state index contributed by atoms with van der Waals surface area (Å²) in [5.41, 5.74) is 9.44. The maximum Gasteiger partial charge on any atom is 0.482 e. The molecule has 1 aliphatic carbocycles. The minimum Gasteiger partial charge on any atom is -0.457 e. The Bertz CT molecular complexity index is 861. The van der Waals surface area contributed by atoms with Gasteiger partial charge in [-0.3, -0.25) is 0 Å². The van der Waals surface area contributed by atoms with E-state index >= 15 is 0 Å². The average molecular weight is 477 g/mol. The lowest BCUT2D eigenvalue weighted by atomic mass is 9.91. The highest BCUT2D eigenvalue weighted by Gasteiger charge is 2.47. The molecule has 0 spiro atoms.